The Morgan fingerprint density at radius 2 is 1.66 bits per heavy atom. The topological polar surface area (TPSA) is 115 Å². The smallest absolute Gasteiger partial charge is 0.416 e. The van der Waals surface area contributed by atoms with E-state index >= 15 is 0 Å². The number of hydrogen-bond acceptors (Lipinski definition) is 8. The van der Waals surface area contributed by atoms with Gasteiger partial charge < -0.3 is 19.9 Å². The summed E-state index contributed by atoms with van der Waals surface area (Å²) in [7, 11) is -3.88. The number of piperazine rings is 1. The van der Waals surface area contributed by atoms with E-state index in [4.69, 9.17) is 16.3 Å². The van der Waals surface area contributed by atoms with Crippen molar-refractivity contribution < 1.29 is 35.9 Å². The number of amides is 2. The molecule has 3 saturated heterocycles. The number of anilines is 2. The maximum absolute atomic E-state index is 13.3. The van der Waals surface area contributed by atoms with Crippen LogP contribution in [0.15, 0.2) is 41.3 Å². The first-order chi connectivity index (χ1) is 20.5. The van der Waals surface area contributed by atoms with Gasteiger partial charge in [0.15, 0.2) is 0 Å². The van der Waals surface area contributed by atoms with Crippen molar-refractivity contribution in [3.63, 3.8) is 0 Å². The number of alkyl halides is 3. The average Bonchev–Trinajstić information content (AvgIpc) is 3.29. The Balaban J connectivity index is 1.15. The maximum Gasteiger partial charge on any atom is 0.416 e. The number of pyridine rings is 1. The van der Waals surface area contributed by atoms with Crippen molar-refractivity contribution in [2.45, 2.75) is 55.9 Å². The summed E-state index contributed by atoms with van der Waals surface area (Å²) in [5.41, 5.74) is -0.925. The van der Waals surface area contributed by atoms with Gasteiger partial charge in [-0.15, -0.1) is 0 Å². The number of carbonyl (C=O) groups excluding carboxylic acids is 2. The molecule has 16 heteroatoms. The average molecular weight is 659 g/mol. The fourth-order valence-corrected chi connectivity index (χ4v) is 7.10. The number of nitrogens with one attached hydrogen (secondary N) is 1. The van der Waals surface area contributed by atoms with Gasteiger partial charge in [0.1, 0.15) is 16.6 Å². The monoisotopic (exact) mass is 658 g/mol. The Labute approximate surface area is 258 Å². The van der Waals surface area contributed by atoms with Crippen molar-refractivity contribution in [1.82, 2.24) is 19.5 Å². The summed E-state index contributed by atoms with van der Waals surface area (Å²) >= 11 is 5.81. The zero-order chi connectivity index (χ0) is 32.0. The first kappa shape index (κ1) is 32.3. The van der Waals surface area contributed by atoms with Crippen LogP contribution in [0, 0.1) is 0 Å². The van der Waals surface area contributed by atoms with Gasteiger partial charge in [-0.1, -0.05) is 11.6 Å². The molecule has 0 spiro atoms. The molecule has 1 atom stereocenters. The van der Waals surface area contributed by atoms with Gasteiger partial charge in [-0.2, -0.15) is 17.5 Å². The highest BCUT2D eigenvalue weighted by molar-refractivity contribution is 7.89. The third kappa shape index (κ3) is 7.22. The zero-order valence-corrected chi connectivity index (χ0v) is 26.0. The molecule has 4 heterocycles. The van der Waals surface area contributed by atoms with Crippen LogP contribution in [-0.4, -0.2) is 98.1 Å². The maximum atomic E-state index is 13.3. The number of benzene rings is 1. The molecule has 0 radical (unpaired) electrons. The number of sulfonamides is 1. The molecule has 3 aliphatic heterocycles. The predicted molar refractivity (Wildman–Crippen MR) is 157 cm³/mol. The first-order valence-corrected chi connectivity index (χ1v) is 16.0. The zero-order valence-electron chi connectivity index (χ0n) is 24.5. The van der Waals surface area contributed by atoms with Crippen molar-refractivity contribution in [3.8, 4) is 0 Å². The number of halogens is 4. The highest BCUT2D eigenvalue weighted by Crippen LogP contribution is 2.34. The summed E-state index contributed by atoms with van der Waals surface area (Å²) in [4.78, 5) is 34.2. The molecule has 1 aromatic heterocycles. The van der Waals surface area contributed by atoms with Gasteiger partial charge in [0.2, 0.25) is 15.9 Å². The van der Waals surface area contributed by atoms with Crippen molar-refractivity contribution in [2.24, 2.45) is 0 Å². The van der Waals surface area contributed by atoms with E-state index in [2.05, 4.69) is 15.2 Å². The molecule has 0 bridgehead atoms. The minimum Gasteiger partial charge on any atom is -0.444 e. The van der Waals surface area contributed by atoms with E-state index in [0.717, 1.165) is 12.1 Å². The van der Waals surface area contributed by atoms with Crippen LogP contribution < -0.4 is 15.1 Å². The highest BCUT2D eigenvalue weighted by atomic mass is 35.5. The summed E-state index contributed by atoms with van der Waals surface area (Å²) in [6.45, 7) is 7.40. The Hall–Kier alpha value is -3.14. The lowest BCUT2D eigenvalue weighted by atomic mass is 10.0. The number of rotatable bonds is 6. The number of hydrogen-bond donors (Lipinski definition) is 1. The molecule has 11 nitrogen and oxygen atoms in total. The largest absolute Gasteiger partial charge is 0.444 e. The fourth-order valence-electron chi connectivity index (χ4n) is 5.47. The third-order valence-electron chi connectivity index (χ3n) is 7.71. The number of ether oxygens (including phenoxy) is 1. The minimum atomic E-state index is -4.59. The number of alkyl carbamates (subject to hydrolysis) is 1. The fraction of sp³-hybridized carbons (Fsp3) is 0.536. The summed E-state index contributed by atoms with van der Waals surface area (Å²) < 4.78 is 72.8. The van der Waals surface area contributed by atoms with Gasteiger partial charge in [0.05, 0.1) is 16.5 Å². The van der Waals surface area contributed by atoms with Crippen LogP contribution in [-0.2, 0) is 25.7 Å². The lowest BCUT2D eigenvalue weighted by molar-refractivity contribution is -0.137. The SMILES string of the molecule is CC(C)(C)OC(=O)NC1CN(C2CC(=O)N(c3ccc(S(=O)(=O)N4CCN(c5cc(C(F)(F)F)cc(Cl)n5)CC4)cc3)C2)C1. The van der Waals surface area contributed by atoms with Gasteiger partial charge in [-0.3, -0.25) is 9.69 Å². The van der Waals surface area contributed by atoms with Gasteiger partial charge in [0.25, 0.3) is 0 Å². The second-order valence-electron chi connectivity index (χ2n) is 12.1. The number of aromatic nitrogens is 1. The van der Waals surface area contributed by atoms with Crippen molar-refractivity contribution in [1.29, 1.82) is 0 Å². The van der Waals surface area contributed by atoms with Crippen LogP contribution in [0.1, 0.15) is 32.8 Å². The minimum absolute atomic E-state index is 0.0277. The van der Waals surface area contributed by atoms with Crippen molar-refractivity contribution >= 4 is 45.1 Å². The quantitative estimate of drug-likeness (QED) is 0.469. The van der Waals surface area contributed by atoms with E-state index in [9.17, 15) is 31.2 Å². The van der Waals surface area contributed by atoms with E-state index in [0.29, 0.717) is 31.7 Å². The Morgan fingerprint density at radius 3 is 2.25 bits per heavy atom. The van der Waals surface area contributed by atoms with Crippen LogP contribution in [0.2, 0.25) is 5.15 Å². The summed E-state index contributed by atoms with van der Waals surface area (Å²) in [5, 5.41) is 2.54. The highest BCUT2D eigenvalue weighted by Gasteiger charge is 2.41. The van der Waals surface area contributed by atoms with Crippen molar-refractivity contribution in [2.75, 3.05) is 55.6 Å². The third-order valence-corrected chi connectivity index (χ3v) is 9.81. The van der Waals surface area contributed by atoms with E-state index in [-0.39, 0.29) is 60.0 Å². The first-order valence-electron chi connectivity index (χ1n) is 14.1. The second-order valence-corrected chi connectivity index (χ2v) is 14.4. The molecular weight excluding hydrogens is 625 g/mol. The van der Waals surface area contributed by atoms with Gasteiger partial charge >= 0.3 is 12.3 Å². The summed E-state index contributed by atoms with van der Waals surface area (Å²) in [6.07, 6.45) is -4.74. The molecule has 2 aromatic rings. The van der Waals surface area contributed by atoms with E-state index in [1.165, 1.54) is 16.4 Å². The lowest BCUT2D eigenvalue weighted by Crippen LogP contribution is -2.62. The molecule has 5 rings (SSSR count). The molecule has 2 amide bonds. The summed E-state index contributed by atoms with van der Waals surface area (Å²) in [5.74, 6) is -0.0403. The molecule has 44 heavy (non-hydrogen) atoms. The molecule has 1 N–H and O–H groups in total. The molecule has 240 valence electrons. The van der Waals surface area contributed by atoms with Crippen LogP contribution in [0.4, 0.5) is 29.5 Å². The molecule has 0 saturated carbocycles. The molecule has 3 fully saturated rings. The Bertz CT molecular complexity index is 1510. The lowest BCUT2D eigenvalue weighted by Gasteiger charge is -2.43. The molecule has 1 aromatic carbocycles. The number of carbonyl (C=O) groups is 2. The Morgan fingerprint density at radius 1 is 1.02 bits per heavy atom. The standard InChI is InChI=1S/C28H34ClF3N6O5S/c1-27(2,3)43-26(40)33-19-15-36(16-19)21-14-25(39)38(17-21)20-4-6-22(7-5-20)44(41,42)37-10-8-35(9-11-37)24-13-18(28(30,31)32)12-23(29)34-24/h4-7,12-13,19,21H,8-11,14-17H2,1-3H3,(H,33,40). The normalized spacial score (nSPS) is 21.0. The van der Waals surface area contributed by atoms with Crippen LogP contribution in [0.3, 0.4) is 0 Å². The molecule has 3 aliphatic rings. The van der Waals surface area contributed by atoms with E-state index in [1.54, 1.807) is 42.7 Å². The van der Waals surface area contributed by atoms with Crippen LogP contribution in [0.25, 0.3) is 0 Å². The number of likely N-dealkylation sites (tertiary alicyclic amines) is 1. The molecule has 0 aliphatic carbocycles. The van der Waals surface area contributed by atoms with E-state index < -0.39 is 33.5 Å². The van der Waals surface area contributed by atoms with Crippen molar-refractivity contribution in [3.05, 3.63) is 47.1 Å². The van der Waals surface area contributed by atoms with E-state index in [1.807, 2.05) is 0 Å². The van der Waals surface area contributed by atoms with Gasteiger partial charge in [0, 0.05) is 64.0 Å². The van der Waals surface area contributed by atoms with Gasteiger partial charge in [-0.25, -0.2) is 18.2 Å². The summed E-state index contributed by atoms with van der Waals surface area (Å²) in [6, 6.07) is 7.67. The Kier molecular flexibility index (Phi) is 8.79. The predicted octanol–water partition coefficient (Wildman–Crippen LogP) is 3.58. The molecular formula is C28H34ClF3N6O5S. The number of nitrogens with zero attached hydrogens (tertiary/aromatic N) is 5. The second kappa shape index (κ2) is 12.0. The van der Waals surface area contributed by atoms with Crippen LogP contribution in [0.5, 0.6) is 0 Å². The molecule has 1 unspecified atom stereocenters. The van der Waals surface area contributed by atoms with Crippen LogP contribution >= 0.6 is 11.6 Å². The van der Waals surface area contributed by atoms with Gasteiger partial charge in [-0.05, 0) is 57.2 Å².